The van der Waals surface area contributed by atoms with Gasteiger partial charge in [0.15, 0.2) is 0 Å². The first-order valence-electron chi connectivity index (χ1n) is 7.47. The molecule has 0 saturated heterocycles. The van der Waals surface area contributed by atoms with Crippen LogP contribution in [0.25, 0.3) is 0 Å². The van der Waals surface area contributed by atoms with E-state index in [1.165, 1.54) is 0 Å². The van der Waals surface area contributed by atoms with Crippen molar-refractivity contribution in [3.05, 3.63) is 0 Å². The minimum atomic E-state index is -0.725. The standard InChI is InChI=1S/C15H25NO3/c1-10(2)9-15(6-3-7-15)14(19)16-12-5-4-11(8-12)13(17)18/h10-12H,3-9H2,1-2H3,(H,16,19)(H,17,18)/t11-,12+/m1/s1. The molecule has 0 aromatic heterocycles. The lowest BCUT2D eigenvalue weighted by molar-refractivity contribution is -0.142. The average molecular weight is 267 g/mol. The third kappa shape index (κ3) is 3.10. The van der Waals surface area contributed by atoms with E-state index in [0.717, 1.165) is 32.1 Å². The monoisotopic (exact) mass is 267 g/mol. The minimum Gasteiger partial charge on any atom is -0.481 e. The SMILES string of the molecule is CC(C)CC1(C(=O)N[C@H]2CC[C@@H](C(=O)O)C2)CCC1. The highest BCUT2D eigenvalue weighted by molar-refractivity contribution is 5.84. The minimum absolute atomic E-state index is 0.0678. The number of hydrogen-bond donors (Lipinski definition) is 2. The molecule has 1 amide bonds. The van der Waals surface area contributed by atoms with Gasteiger partial charge < -0.3 is 10.4 Å². The summed E-state index contributed by atoms with van der Waals surface area (Å²) in [6.07, 6.45) is 6.17. The summed E-state index contributed by atoms with van der Waals surface area (Å²) < 4.78 is 0. The van der Waals surface area contributed by atoms with Crippen molar-refractivity contribution >= 4 is 11.9 Å². The van der Waals surface area contributed by atoms with Crippen LogP contribution in [0.1, 0.15) is 58.8 Å². The smallest absolute Gasteiger partial charge is 0.306 e. The Kier molecular flexibility index (Phi) is 4.16. The summed E-state index contributed by atoms with van der Waals surface area (Å²) in [6, 6.07) is 0.0678. The number of carboxylic acid groups (broad SMARTS) is 1. The van der Waals surface area contributed by atoms with Crippen LogP contribution in [0, 0.1) is 17.3 Å². The molecule has 0 aliphatic heterocycles. The number of amides is 1. The van der Waals surface area contributed by atoms with Crippen molar-refractivity contribution < 1.29 is 14.7 Å². The molecule has 2 aliphatic rings. The molecule has 19 heavy (non-hydrogen) atoms. The van der Waals surface area contributed by atoms with Crippen LogP contribution >= 0.6 is 0 Å². The Bertz CT molecular complexity index is 360. The Morgan fingerprint density at radius 2 is 2.00 bits per heavy atom. The quantitative estimate of drug-likeness (QED) is 0.804. The molecule has 0 heterocycles. The van der Waals surface area contributed by atoms with E-state index >= 15 is 0 Å². The fourth-order valence-electron chi connectivity index (χ4n) is 3.58. The Labute approximate surface area is 115 Å². The van der Waals surface area contributed by atoms with Crippen LogP contribution in [0.3, 0.4) is 0 Å². The van der Waals surface area contributed by atoms with Gasteiger partial charge in [0.2, 0.25) is 5.91 Å². The molecule has 0 aromatic rings. The zero-order valence-electron chi connectivity index (χ0n) is 11.9. The van der Waals surface area contributed by atoms with Crippen molar-refractivity contribution in [2.45, 2.75) is 64.8 Å². The summed E-state index contributed by atoms with van der Waals surface area (Å²) >= 11 is 0. The van der Waals surface area contributed by atoms with Crippen LogP contribution in [0.5, 0.6) is 0 Å². The van der Waals surface area contributed by atoms with E-state index in [4.69, 9.17) is 5.11 Å². The number of carboxylic acids is 1. The molecule has 108 valence electrons. The molecular weight excluding hydrogens is 242 g/mol. The summed E-state index contributed by atoms with van der Waals surface area (Å²) in [5, 5.41) is 12.1. The maximum atomic E-state index is 12.5. The van der Waals surface area contributed by atoms with Crippen LogP contribution < -0.4 is 5.32 Å². The molecule has 2 aliphatic carbocycles. The molecular formula is C15H25NO3. The molecule has 2 rings (SSSR count). The second-order valence-electron chi connectivity index (χ2n) is 6.75. The number of hydrogen-bond acceptors (Lipinski definition) is 2. The van der Waals surface area contributed by atoms with E-state index in [-0.39, 0.29) is 23.3 Å². The zero-order valence-corrected chi connectivity index (χ0v) is 11.9. The fraction of sp³-hybridized carbons (Fsp3) is 0.867. The summed E-state index contributed by atoms with van der Waals surface area (Å²) in [6.45, 7) is 4.31. The third-order valence-electron chi connectivity index (χ3n) is 4.71. The van der Waals surface area contributed by atoms with Gasteiger partial charge >= 0.3 is 5.97 Å². The molecule has 4 heteroatoms. The molecule has 0 unspecified atom stereocenters. The van der Waals surface area contributed by atoms with E-state index in [2.05, 4.69) is 19.2 Å². The molecule has 0 aromatic carbocycles. The lowest BCUT2D eigenvalue weighted by atomic mass is 9.64. The second kappa shape index (κ2) is 5.51. The van der Waals surface area contributed by atoms with Crippen molar-refractivity contribution in [3.8, 4) is 0 Å². The molecule has 0 radical (unpaired) electrons. The van der Waals surface area contributed by atoms with Crippen LogP contribution in [0.15, 0.2) is 0 Å². The number of nitrogens with one attached hydrogen (secondary N) is 1. The van der Waals surface area contributed by atoms with Crippen LogP contribution in [0.4, 0.5) is 0 Å². The van der Waals surface area contributed by atoms with Gasteiger partial charge in [-0.25, -0.2) is 0 Å². The Morgan fingerprint density at radius 3 is 2.42 bits per heavy atom. The van der Waals surface area contributed by atoms with E-state index in [1.807, 2.05) is 0 Å². The Morgan fingerprint density at radius 1 is 1.32 bits per heavy atom. The highest BCUT2D eigenvalue weighted by atomic mass is 16.4. The van der Waals surface area contributed by atoms with Gasteiger partial charge in [0.1, 0.15) is 0 Å². The van der Waals surface area contributed by atoms with Crippen LogP contribution in [-0.4, -0.2) is 23.0 Å². The van der Waals surface area contributed by atoms with E-state index in [0.29, 0.717) is 18.8 Å². The van der Waals surface area contributed by atoms with Crippen molar-refractivity contribution in [2.24, 2.45) is 17.3 Å². The molecule has 2 fully saturated rings. The summed E-state index contributed by atoms with van der Waals surface area (Å²) in [7, 11) is 0. The first-order valence-corrected chi connectivity index (χ1v) is 7.47. The fourth-order valence-corrected chi connectivity index (χ4v) is 3.58. The maximum absolute atomic E-state index is 12.5. The third-order valence-corrected chi connectivity index (χ3v) is 4.71. The van der Waals surface area contributed by atoms with E-state index in [9.17, 15) is 9.59 Å². The topological polar surface area (TPSA) is 66.4 Å². The number of carbonyl (C=O) groups excluding carboxylic acids is 1. The predicted molar refractivity (Wildman–Crippen MR) is 72.6 cm³/mol. The summed E-state index contributed by atoms with van der Waals surface area (Å²) in [5.74, 6) is -0.296. The lowest BCUT2D eigenvalue weighted by Crippen LogP contribution is -2.49. The lowest BCUT2D eigenvalue weighted by Gasteiger charge is -2.42. The molecule has 2 atom stereocenters. The second-order valence-corrected chi connectivity index (χ2v) is 6.75. The molecule has 0 bridgehead atoms. The first kappa shape index (κ1) is 14.4. The molecule has 0 spiro atoms. The Balaban J connectivity index is 1.89. The highest BCUT2D eigenvalue weighted by Crippen LogP contribution is 2.46. The van der Waals surface area contributed by atoms with E-state index < -0.39 is 5.97 Å². The normalized spacial score (nSPS) is 29.0. The Hall–Kier alpha value is -1.06. The van der Waals surface area contributed by atoms with Gasteiger partial charge in [-0.05, 0) is 44.4 Å². The van der Waals surface area contributed by atoms with Crippen LogP contribution in [0.2, 0.25) is 0 Å². The van der Waals surface area contributed by atoms with Gasteiger partial charge in [-0.3, -0.25) is 9.59 Å². The first-order chi connectivity index (χ1) is 8.93. The van der Waals surface area contributed by atoms with Gasteiger partial charge in [-0.1, -0.05) is 20.3 Å². The highest BCUT2D eigenvalue weighted by Gasteiger charge is 2.45. The molecule has 2 saturated carbocycles. The predicted octanol–water partition coefficient (Wildman–Crippen LogP) is 2.57. The van der Waals surface area contributed by atoms with Gasteiger partial charge in [0.05, 0.1) is 5.92 Å². The summed E-state index contributed by atoms with van der Waals surface area (Å²) in [5.41, 5.74) is -0.157. The zero-order chi connectivity index (χ0) is 14.0. The largest absolute Gasteiger partial charge is 0.481 e. The number of carbonyl (C=O) groups is 2. The molecule has 4 nitrogen and oxygen atoms in total. The van der Waals surface area contributed by atoms with Gasteiger partial charge in [0.25, 0.3) is 0 Å². The van der Waals surface area contributed by atoms with Crippen molar-refractivity contribution in [2.75, 3.05) is 0 Å². The van der Waals surface area contributed by atoms with Crippen molar-refractivity contribution in [3.63, 3.8) is 0 Å². The van der Waals surface area contributed by atoms with Gasteiger partial charge in [-0.15, -0.1) is 0 Å². The van der Waals surface area contributed by atoms with Crippen molar-refractivity contribution in [1.82, 2.24) is 5.32 Å². The van der Waals surface area contributed by atoms with Crippen molar-refractivity contribution in [1.29, 1.82) is 0 Å². The summed E-state index contributed by atoms with van der Waals surface area (Å²) in [4.78, 5) is 23.4. The van der Waals surface area contributed by atoms with Gasteiger partial charge in [0, 0.05) is 11.5 Å². The average Bonchev–Trinajstić information content (AvgIpc) is 2.71. The number of aliphatic carboxylic acids is 1. The van der Waals surface area contributed by atoms with Gasteiger partial charge in [-0.2, -0.15) is 0 Å². The molecule has 2 N–H and O–H groups in total. The van der Waals surface area contributed by atoms with E-state index in [1.54, 1.807) is 0 Å². The maximum Gasteiger partial charge on any atom is 0.306 e. The van der Waals surface area contributed by atoms with Crippen LogP contribution in [-0.2, 0) is 9.59 Å². The number of rotatable bonds is 5.